The second-order valence-corrected chi connectivity index (χ2v) is 7.43. The topological polar surface area (TPSA) is 88.9 Å². The molecule has 0 aliphatic heterocycles. The van der Waals surface area contributed by atoms with Crippen LogP contribution in [0.25, 0.3) is 0 Å². The summed E-state index contributed by atoms with van der Waals surface area (Å²) in [7, 11) is 2.22. The zero-order valence-electron chi connectivity index (χ0n) is 13.9. The molecule has 1 aromatic carbocycles. The van der Waals surface area contributed by atoms with Gasteiger partial charge >= 0.3 is 0 Å². The summed E-state index contributed by atoms with van der Waals surface area (Å²) >= 11 is 0. The van der Waals surface area contributed by atoms with Crippen LogP contribution in [0.2, 0.25) is 0 Å². The molecule has 1 rings (SSSR count). The molecule has 0 fully saturated rings. The third-order valence-corrected chi connectivity index (χ3v) is 4.57. The van der Waals surface area contributed by atoms with Crippen LogP contribution in [-0.2, 0) is 10.0 Å². The van der Waals surface area contributed by atoms with Gasteiger partial charge in [0, 0.05) is 25.1 Å². The SMILES string of the molecule is COc1ccc(C(=O)NCCS(=O)(=O)NCCC[NH+](C)C)cc1. The summed E-state index contributed by atoms with van der Waals surface area (Å²) in [6.07, 6.45) is 0.778. The molecule has 0 heterocycles. The number of sulfonamides is 1. The molecular weight excluding hydrogens is 318 g/mol. The highest BCUT2D eigenvalue weighted by Crippen LogP contribution is 2.10. The van der Waals surface area contributed by atoms with E-state index in [4.69, 9.17) is 4.74 Å². The number of carbonyl (C=O) groups excluding carboxylic acids is 1. The highest BCUT2D eigenvalue weighted by Gasteiger charge is 2.11. The number of ether oxygens (including phenoxy) is 1. The normalized spacial score (nSPS) is 11.5. The molecule has 0 atom stereocenters. The van der Waals surface area contributed by atoms with Gasteiger partial charge in [0.2, 0.25) is 10.0 Å². The molecule has 8 heteroatoms. The molecule has 1 amide bonds. The molecule has 7 nitrogen and oxygen atoms in total. The lowest BCUT2D eigenvalue weighted by Gasteiger charge is -2.09. The minimum absolute atomic E-state index is 0.0686. The Kier molecular flexibility index (Phi) is 8.01. The molecule has 0 aromatic heterocycles. The molecule has 0 radical (unpaired) electrons. The van der Waals surface area contributed by atoms with Gasteiger partial charge in [-0.2, -0.15) is 0 Å². The molecule has 0 bridgehead atoms. The van der Waals surface area contributed by atoms with E-state index in [2.05, 4.69) is 10.0 Å². The van der Waals surface area contributed by atoms with E-state index in [0.29, 0.717) is 17.9 Å². The van der Waals surface area contributed by atoms with Gasteiger partial charge in [0.1, 0.15) is 5.75 Å². The number of hydrogen-bond donors (Lipinski definition) is 3. The van der Waals surface area contributed by atoms with Crippen LogP contribution >= 0.6 is 0 Å². The highest BCUT2D eigenvalue weighted by molar-refractivity contribution is 7.89. The van der Waals surface area contributed by atoms with Crippen molar-refractivity contribution in [1.82, 2.24) is 10.0 Å². The Morgan fingerprint density at radius 2 is 1.83 bits per heavy atom. The van der Waals surface area contributed by atoms with E-state index in [1.165, 1.54) is 4.90 Å². The second-order valence-electron chi connectivity index (χ2n) is 5.51. The minimum Gasteiger partial charge on any atom is -0.497 e. The molecular formula is C15H26N3O4S+. The third kappa shape index (κ3) is 7.96. The number of nitrogens with one attached hydrogen (secondary N) is 3. The molecule has 1 aromatic rings. The first-order valence-corrected chi connectivity index (χ1v) is 9.18. The van der Waals surface area contributed by atoms with Crippen LogP contribution in [0.5, 0.6) is 5.75 Å². The van der Waals surface area contributed by atoms with Crippen LogP contribution in [0.1, 0.15) is 16.8 Å². The number of hydrogen-bond acceptors (Lipinski definition) is 4. The van der Waals surface area contributed by atoms with E-state index >= 15 is 0 Å². The van der Waals surface area contributed by atoms with Crippen LogP contribution in [0.3, 0.4) is 0 Å². The van der Waals surface area contributed by atoms with Crippen molar-refractivity contribution in [2.24, 2.45) is 0 Å². The van der Waals surface area contributed by atoms with Gasteiger partial charge in [-0.05, 0) is 24.3 Å². The van der Waals surface area contributed by atoms with Crippen LogP contribution in [0, 0.1) is 0 Å². The molecule has 0 saturated carbocycles. The predicted octanol–water partition coefficient (Wildman–Crippen LogP) is -1.12. The molecule has 0 aliphatic carbocycles. The summed E-state index contributed by atoms with van der Waals surface area (Å²) in [5.41, 5.74) is 0.463. The van der Waals surface area contributed by atoms with E-state index in [9.17, 15) is 13.2 Å². The van der Waals surface area contributed by atoms with Crippen LogP contribution in [-0.4, -0.2) is 60.9 Å². The predicted molar refractivity (Wildman–Crippen MR) is 89.4 cm³/mol. The Morgan fingerprint density at radius 1 is 1.17 bits per heavy atom. The number of quaternary nitrogens is 1. The first-order valence-electron chi connectivity index (χ1n) is 7.52. The van der Waals surface area contributed by atoms with E-state index in [1.807, 2.05) is 14.1 Å². The van der Waals surface area contributed by atoms with Crippen LogP contribution in [0.4, 0.5) is 0 Å². The van der Waals surface area contributed by atoms with E-state index < -0.39 is 10.0 Å². The quantitative estimate of drug-likeness (QED) is 0.469. The number of amides is 1. The van der Waals surface area contributed by atoms with Crippen molar-refractivity contribution in [3.05, 3.63) is 29.8 Å². The Labute approximate surface area is 138 Å². The maximum atomic E-state index is 11.9. The summed E-state index contributed by atoms with van der Waals surface area (Å²) in [4.78, 5) is 13.2. The molecule has 130 valence electrons. The van der Waals surface area contributed by atoms with Crippen LogP contribution in [0.15, 0.2) is 24.3 Å². The van der Waals surface area contributed by atoms with Crippen LogP contribution < -0.4 is 19.7 Å². The van der Waals surface area contributed by atoms with Gasteiger partial charge in [0.05, 0.1) is 33.5 Å². The fraction of sp³-hybridized carbons (Fsp3) is 0.533. The Bertz CT molecular complexity index is 585. The summed E-state index contributed by atoms with van der Waals surface area (Å²) in [6, 6.07) is 6.62. The fourth-order valence-electron chi connectivity index (χ4n) is 1.89. The van der Waals surface area contributed by atoms with E-state index in [-0.39, 0.29) is 18.2 Å². The maximum absolute atomic E-state index is 11.9. The molecule has 23 heavy (non-hydrogen) atoms. The maximum Gasteiger partial charge on any atom is 0.251 e. The van der Waals surface area contributed by atoms with Crippen molar-refractivity contribution in [1.29, 1.82) is 0 Å². The Morgan fingerprint density at radius 3 is 2.39 bits per heavy atom. The number of rotatable bonds is 10. The summed E-state index contributed by atoms with van der Waals surface area (Å²) in [6.45, 7) is 1.38. The highest BCUT2D eigenvalue weighted by atomic mass is 32.2. The van der Waals surface area contributed by atoms with Gasteiger partial charge in [-0.25, -0.2) is 13.1 Å². The van der Waals surface area contributed by atoms with Gasteiger partial charge in [0.25, 0.3) is 5.91 Å². The molecule has 0 unspecified atom stereocenters. The standard InChI is InChI=1S/C15H25N3O4S/c1-18(2)11-4-9-17-23(20,21)12-10-16-15(19)13-5-7-14(22-3)8-6-13/h5-8,17H,4,9-12H2,1-3H3,(H,16,19)/p+1. The second kappa shape index (κ2) is 9.49. The van der Waals surface area contributed by atoms with E-state index in [1.54, 1.807) is 31.4 Å². The van der Waals surface area contributed by atoms with Gasteiger partial charge < -0.3 is 15.0 Å². The summed E-state index contributed by atoms with van der Waals surface area (Å²) in [5, 5.41) is 2.60. The lowest BCUT2D eigenvalue weighted by molar-refractivity contribution is -0.858. The first-order chi connectivity index (χ1) is 10.8. The van der Waals surface area contributed by atoms with Crippen molar-refractivity contribution in [2.75, 3.05) is 46.6 Å². The smallest absolute Gasteiger partial charge is 0.251 e. The fourth-order valence-corrected chi connectivity index (χ4v) is 2.86. The first kappa shape index (κ1) is 19.4. The third-order valence-electron chi connectivity index (χ3n) is 3.18. The average molecular weight is 344 g/mol. The van der Waals surface area contributed by atoms with Gasteiger partial charge in [-0.3, -0.25) is 4.79 Å². The molecule has 0 spiro atoms. The lowest BCUT2D eigenvalue weighted by Crippen LogP contribution is -3.05. The van der Waals surface area contributed by atoms with Gasteiger partial charge in [-0.1, -0.05) is 0 Å². The Balaban J connectivity index is 2.32. The van der Waals surface area contributed by atoms with Crippen molar-refractivity contribution in [2.45, 2.75) is 6.42 Å². The summed E-state index contributed by atoms with van der Waals surface area (Å²) < 4.78 is 31.1. The number of methoxy groups -OCH3 is 1. The van der Waals surface area contributed by atoms with Gasteiger partial charge in [0.15, 0.2) is 0 Å². The Hall–Kier alpha value is -1.64. The van der Waals surface area contributed by atoms with Crippen molar-refractivity contribution >= 4 is 15.9 Å². The largest absolute Gasteiger partial charge is 0.497 e. The molecule has 3 N–H and O–H groups in total. The monoisotopic (exact) mass is 344 g/mol. The van der Waals surface area contributed by atoms with Gasteiger partial charge in [-0.15, -0.1) is 0 Å². The van der Waals surface area contributed by atoms with Crippen molar-refractivity contribution in [3.63, 3.8) is 0 Å². The average Bonchev–Trinajstić information content (AvgIpc) is 2.51. The summed E-state index contributed by atoms with van der Waals surface area (Å²) in [5.74, 6) is 0.218. The molecule has 0 aliphatic rings. The van der Waals surface area contributed by atoms with Crippen molar-refractivity contribution in [3.8, 4) is 5.75 Å². The minimum atomic E-state index is -3.36. The molecule has 0 saturated heterocycles. The van der Waals surface area contributed by atoms with Crippen molar-refractivity contribution < 1.29 is 22.8 Å². The lowest BCUT2D eigenvalue weighted by atomic mass is 10.2. The zero-order chi connectivity index (χ0) is 17.3. The number of carbonyl (C=O) groups is 1. The van der Waals surface area contributed by atoms with E-state index in [0.717, 1.165) is 13.0 Å². The zero-order valence-corrected chi connectivity index (χ0v) is 14.7. The number of benzene rings is 1.